The second kappa shape index (κ2) is 6.84. The molecule has 1 aromatic rings. The molecular weight excluding hydrogens is 329 g/mol. The summed E-state index contributed by atoms with van der Waals surface area (Å²) in [5.41, 5.74) is 0.169. The zero-order valence-corrected chi connectivity index (χ0v) is 14.7. The fraction of sp³-hybridized carbons (Fsp3) is 0.556. The van der Waals surface area contributed by atoms with Crippen LogP contribution in [0.15, 0.2) is 30.4 Å². The SMILES string of the molecule is CC/C=C/CS(=O)(=O)NC1(c2ccc(F)c(OCC3CC3)c2)CC1. The highest BCUT2D eigenvalue weighted by atomic mass is 32.2. The van der Waals surface area contributed by atoms with E-state index in [1.54, 1.807) is 18.2 Å². The van der Waals surface area contributed by atoms with Gasteiger partial charge in [-0.25, -0.2) is 17.5 Å². The summed E-state index contributed by atoms with van der Waals surface area (Å²) in [6.45, 7) is 2.49. The lowest BCUT2D eigenvalue weighted by Crippen LogP contribution is -2.36. The van der Waals surface area contributed by atoms with E-state index in [2.05, 4.69) is 4.72 Å². The van der Waals surface area contributed by atoms with Gasteiger partial charge in [0.1, 0.15) is 0 Å². The van der Waals surface area contributed by atoms with Crippen LogP contribution in [-0.4, -0.2) is 20.8 Å². The van der Waals surface area contributed by atoms with Gasteiger partial charge in [0.15, 0.2) is 11.6 Å². The lowest BCUT2D eigenvalue weighted by Gasteiger charge is -2.19. The van der Waals surface area contributed by atoms with Gasteiger partial charge in [0.25, 0.3) is 0 Å². The van der Waals surface area contributed by atoms with Crippen LogP contribution in [0.2, 0.25) is 0 Å². The van der Waals surface area contributed by atoms with Crippen LogP contribution in [-0.2, 0) is 15.6 Å². The first-order valence-electron chi connectivity index (χ1n) is 8.53. The van der Waals surface area contributed by atoms with Crippen molar-refractivity contribution in [1.82, 2.24) is 4.72 Å². The van der Waals surface area contributed by atoms with Gasteiger partial charge in [-0.1, -0.05) is 25.1 Å². The number of ether oxygens (including phenoxy) is 1. The first-order chi connectivity index (χ1) is 11.4. The van der Waals surface area contributed by atoms with E-state index in [0.29, 0.717) is 12.5 Å². The molecule has 0 radical (unpaired) electrons. The zero-order chi connectivity index (χ0) is 17.2. The van der Waals surface area contributed by atoms with Gasteiger partial charge >= 0.3 is 0 Å². The summed E-state index contributed by atoms with van der Waals surface area (Å²) in [5.74, 6) is 0.320. The number of halogens is 1. The Kier molecular flexibility index (Phi) is 4.97. The Morgan fingerprint density at radius 1 is 1.33 bits per heavy atom. The topological polar surface area (TPSA) is 55.4 Å². The molecule has 0 amide bonds. The minimum absolute atomic E-state index is 0.0329. The molecule has 2 saturated carbocycles. The first kappa shape index (κ1) is 17.4. The third kappa shape index (κ3) is 4.36. The molecule has 4 nitrogen and oxygen atoms in total. The van der Waals surface area contributed by atoms with E-state index in [4.69, 9.17) is 4.74 Å². The molecule has 1 aromatic carbocycles. The van der Waals surface area contributed by atoms with Crippen molar-refractivity contribution < 1.29 is 17.5 Å². The predicted molar refractivity (Wildman–Crippen MR) is 91.9 cm³/mol. The molecule has 132 valence electrons. The number of nitrogens with one attached hydrogen (secondary N) is 1. The van der Waals surface area contributed by atoms with E-state index in [1.807, 2.05) is 13.0 Å². The second-order valence-corrected chi connectivity index (χ2v) is 8.51. The fourth-order valence-electron chi connectivity index (χ4n) is 2.68. The highest BCUT2D eigenvalue weighted by molar-refractivity contribution is 7.89. The molecule has 0 saturated heterocycles. The normalized spacial score (nSPS) is 19.6. The molecule has 0 aromatic heterocycles. The largest absolute Gasteiger partial charge is 0.490 e. The molecule has 3 rings (SSSR count). The van der Waals surface area contributed by atoms with E-state index in [-0.39, 0.29) is 11.5 Å². The van der Waals surface area contributed by atoms with Crippen molar-refractivity contribution in [2.45, 2.75) is 44.6 Å². The van der Waals surface area contributed by atoms with Crippen LogP contribution >= 0.6 is 0 Å². The van der Waals surface area contributed by atoms with Gasteiger partial charge in [0, 0.05) is 0 Å². The molecule has 0 spiro atoms. The summed E-state index contributed by atoms with van der Waals surface area (Å²) in [5, 5.41) is 0. The molecule has 1 N–H and O–H groups in total. The van der Waals surface area contributed by atoms with Crippen LogP contribution in [0.25, 0.3) is 0 Å². The molecule has 2 fully saturated rings. The van der Waals surface area contributed by atoms with Crippen LogP contribution in [0.1, 0.15) is 44.6 Å². The lowest BCUT2D eigenvalue weighted by molar-refractivity contribution is 0.284. The Morgan fingerprint density at radius 2 is 2.08 bits per heavy atom. The average Bonchev–Trinajstić information content (AvgIpc) is 3.42. The van der Waals surface area contributed by atoms with Crippen LogP contribution in [0, 0.1) is 11.7 Å². The second-order valence-electron chi connectivity index (χ2n) is 6.74. The number of hydrogen-bond acceptors (Lipinski definition) is 3. The van der Waals surface area contributed by atoms with Gasteiger partial charge in [-0.2, -0.15) is 0 Å². The summed E-state index contributed by atoms with van der Waals surface area (Å²) in [6, 6.07) is 4.66. The summed E-state index contributed by atoms with van der Waals surface area (Å²) in [7, 11) is -3.41. The van der Waals surface area contributed by atoms with Crippen LogP contribution in [0.5, 0.6) is 5.75 Å². The van der Waals surface area contributed by atoms with Crippen molar-refractivity contribution in [2.24, 2.45) is 5.92 Å². The van der Waals surface area contributed by atoms with Crippen LogP contribution in [0.4, 0.5) is 4.39 Å². The number of sulfonamides is 1. The molecule has 0 heterocycles. The Labute approximate surface area is 143 Å². The lowest BCUT2D eigenvalue weighted by atomic mass is 10.1. The quantitative estimate of drug-likeness (QED) is 0.692. The molecule has 0 unspecified atom stereocenters. The van der Waals surface area contributed by atoms with Gasteiger partial charge in [0.2, 0.25) is 10.0 Å². The summed E-state index contributed by atoms with van der Waals surface area (Å²) in [4.78, 5) is 0. The standard InChI is InChI=1S/C18H24FNO3S/c1-2-3-4-11-24(21,22)20-18(9-10-18)15-7-8-16(19)17(12-15)23-13-14-5-6-14/h3-4,7-8,12,14,20H,2,5-6,9-11,13H2,1H3/b4-3+. The van der Waals surface area contributed by atoms with E-state index in [0.717, 1.165) is 37.7 Å². The summed E-state index contributed by atoms with van der Waals surface area (Å²) >= 11 is 0. The monoisotopic (exact) mass is 353 g/mol. The maximum absolute atomic E-state index is 13.9. The van der Waals surface area contributed by atoms with E-state index >= 15 is 0 Å². The Bertz CT molecular complexity index is 722. The van der Waals surface area contributed by atoms with Crippen molar-refractivity contribution in [3.8, 4) is 5.75 Å². The Balaban J connectivity index is 1.72. The number of allylic oxidation sites excluding steroid dienone is 1. The minimum Gasteiger partial charge on any atom is -0.490 e. The van der Waals surface area contributed by atoms with Crippen molar-refractivity contribution in [3.05, 3.63) is 41.7 Å². The van der Waals surface area contributed by atoms with Crippen LogP contribution in [0.3, 0.4) is 0 Å². The summed E-state index contributed by atoms with van der Waals surface area (Å²) < 4.78 is 46.8. The van der Waals surface area contributed by atoms with Crippen molar-refractivity contribution in [2.75, 3.05) is 12.4 Å². The summed E-state index contributed by atoms with van der Waals surface area (Å²) in [6.07, 6.45) is 8.01. The maximum atomic E-state index is 13.9. The third-order valence-corrected chi connectivity index (χ3v) is 5.81. The van der Waals surface area contributed by atoms with Crippen molar-refractivity contribution in [1.29, 1.82) is 0 Å². The van der Waals surface area contributed by atoms with Gasteiger partial charge in [-0.15, -0.1) is 0 Å². The maximum Gasteiger partial charge on any atom is 0.215 e. The number of rotatable bonds is 9. The number of benzene rings is 1. The molecule has 6 heteroatoms. The van der Waals surface area contributed by atoms with Gasteiger partial charge in [-0.3, -0.25) is 0 Å². The Morgan fingerprint density at radius 3 is 2.71 bits per heavy atom. The van der Waals surface area contributed by atoms with E-state index in [1.165, 1.54) is 6.07 Å². The van der Waals surface area contributed by atoms with E-state index < -0.39 is 21.4 Å². The van der Waals surface area contributed by atoms with Crippen molar-refractivity contribution in [3.63, 3.8) is 0 Å². The molecule has 0 aliphatic heterocycles. The van der Waals surface area contributed by atoms with Crippen LogP contribution < -0.4 is 9.46 Å². The fourth-order valence-corrected chi connectivity index (χ4v) is 4.07. The first-order valence-corrected chi connectivity index (χ1v) is 10.2. The third-order valence-electron chi connectivity index (χ3n) is 4.47. The molecule has 0 bridgehead atoms. The van der Waals surface area contributed by atoms with Gasteiger partial charge in [0.05, 0.1) is 17.9 Å². The highest BCUT2D eigenvalue weighted by Crippen LogP contribution is 2.47. The van der Waals surface area contributed by atoms with Gasteiger partial charge in [-0.05, 0) is 55.7 Å². The molecular formula is C18H24FNO3S. The Hall–Kier alpha value is -1.40. The predicted octanol–water partition coefficient (Wildman–Crippen LogP) is 3.49. The number of hydrogen-bond donors (Lipinski definition) is 1. The average molecular weight is 353 g/mol. The zero-order valence-electron chi connectivity index (χ0n) is 13.9. The smallest absolute Gasteiger partial charge is 0.215 e. The molecule has 2 aliphatic carbocycles. The molecule has 2 aliphatic rings. The van der Waals surface area contributed by atoms with Gasteiger partial charge < -0.3 is 4.74 Å². The molecule has 24 heavy (non-hydrogen) atoms. The van der Waals surface area contributed by atoms with E-state index in [9.17, 15) is 12.8 Å². The van der Waals surface area contributed by atoms with Crippen molar-refractivity contribution >= 4 is 10.0 Å². The highest BCUT2D eigenvalue weighted by Gasteiger charge is 2.47. The molecule has 0 atom stereocenters. The minimum atomic E-state index is -3.41.